The number of ketones is 2. The van der Waals surface area contributed by atoms with E-state index in [1.165, 1.54) is 12.4 Å². The molecular weight excluding hydrogens is 448 g/mol. The normalized spacial score (nSPS) is 12.6. The van der Waals surface area contributed by atoms with Gasteiger partial charge in [0.25, 0.3) is 5.91 Å². The maximum atomic E-state index is 12.8. The van der Waals surface area contributed by atoms with Gasteiger partial charge >= 0.3 is 6.09 Å². The predicted octanol–water partition coefficient (Wildman–Crippen LogP) is 3.49. The van der Waals surface area contributed by atoms with Gasteiger partial charge in [-0.25, -0.2) is 4.79 Å². The van der Waals surface area contributed by atoms with Crippen molar-refractivity contribution < 1.29 is 23.9 Å². The van der Waals surface area contributed by atoms with E-state index in [4.69, 9.17) is 4.74 Å². The number of rotatable bonds is 13. The number of ether oxygens (including phenoxy) is 1. The first-order chi connectivity index (χ1) is 16.7. The molecule has 0 aliphatic rings. The van der Waals surface area contributed by atoms with Gasteiger partial charge in [-0.1, -0.05) is 27.7 Å². The molecule has 2 aromatic heterocycles. The molecule has 2 N–H and O–H groups in total. The zero-order valence-electron chi connectivity index (χ0n) is 20.7. The summed E-state index contributed by atoms with van der Waals surface area (Å²) in [4.78, 5) is 58.0. The van der Waals surface area contributed by atoms with Gasteiger partial charge in [-0.3, -0.25) is 24.4 Å². The Balaban J connectivity index is 1.84. The number of nitrogens with one attached hydrogen (secondary N) is 2. The zero-order chi connectivity index (χ0) is 25.8. The third-order valence-corrected chi connectivity index (χ3v) is 5.50. The summed E-state index contributed by atoms with van der Waals surface area (Å²) in [5.41, 5.74) is 1.21. The Labute approximate surface area is 206 Å². The van der Waals surface area contributed by atoms with Crippen molar-refractivity contribution in [2.75, 3.05) is 0 Å². The number of alkyl carbamates (subject to hydrolysis) is 1. The minimum absolute atomic E-state index is 0.0731. The van der Waals surface area contributed by atoms with Gasteiger partial charge in [-0.05, 0) is 48.1 Å². The van der Waals surface area contributed by atoms with Gasteiger partial charge in [0.2, 0.25) is 0 Å². The molecule has 0 saturated carbocycles. The van der Waals surface area contributed by atoms with Crippen LogP contribution in [0.1, 0.15) is 62.9 Å². The molecule has 9 nitrogen and oxygen atoms in total. The Morgan fingerprint density at radius 3 is 1.77 bits per heavy atom. The second-order valence-corrected chi connectivity index (χ2v) is 9.01. The fourth-order valence-electron chi connectivity index (χ4n) is 3.51. The second kappa shape index (κ2) is 13.9. The molecule has 0 bridgehead atoms. The number of amides is 2. The van der Waals surface area contributed by atoms with Gasteiger partial charge in [0.1, 0.15) is 6.61 Å². The van der Waals surface area contributed by atoms with E-state index in [1.807, 2.05) is 27.7 Å². The average Bonchev–Trinajstić information content (AvgIpc) is 2.85. The Hall–Kier alpha value is -3.62. The molecule has 0 unspecified atom stereocenters. The van der Waals surface area contributed by atoms with Crippen LogP contribution in [0.2, 0.25) is 0 Å². The van der Waals surface area contributed by atoms with Crippen molar-refractivity contribution in [3.05, 3.63) is 60.2 Å². The summed E-state index contributed by atoms with van der Waals surface area (Å²) in [6.07, 6.45) is 6.15. The first-order valence-corrected chi connectivity index (χ1v) is 11.8. The van der Waals surface area contributed by atoms with Crippen LogP contribution in [0.4, 0.5) is 4.79 Å². The van der Waals surface area contributed by atoms with Crippen LogP contribution in [0.25, 0.3) is 0 Å². The molecule has 2 heterocycles. The van der Waals surface area contributed by atoms with Crippen LogP contribution in [0.5, 0.6) is 0 Å². The van der Waals surface area contributed by atoms with Crippen LogP contribution < -0.4 is 10.6 Å². The summed E-state index contributed by atoms with van der Waals surface area (Å²) in [5.74, 6) is -0.902. The van der Waals surface area contributed by atoms with Gasteiger partial charge < -0.3 is 15.4 Å². The number of nitrogens with zero attached hydrogens (tertiary/aromatic N) is 2. The minimum Gasteiger partial charge on any atom is -0.445 e. The smallest absolute Gasteiger partial charge is 0.408 e. The van der Waals surface area contributed by atoms with Crippen molar-refractivity contribution in [3.63, 3.8) is 0 Å². The Kier molecular flexibility index (Phi) is 11.0. The molecule has 2 amide bonds. The molecule has 0 saturated heterocycles. The number of aromatic nitrogens is 2. The molecule has 0 radical (unpaired) electrons. The number of pyridine rings is 2. The standard InChI is InChI=1S/C26H34N4O5/c1-17(2)23(29-25(33)20-10-14-28-15-11-20)21(31)6-5-7-22(32)24(18(3)4)30-26(34)35-16-19-8-12-27-13-9-19/h8-15,17-18,23-24H,5-7,16H2,1-4H3,(H,29,33)(H,30,34)/t23-,24-/m0/s1. The zero-order valence-corrected chi connectivity index (χ0v) is 20.7. The van der Waals surface area contributed by atoms with Crippen molar-refractivity contribution in [1.29, 1.82) is 0 Å². The lowest BCUT2D eigenvalue weighted by Gasteiger charge is -2.22. The first kappa shape index (κ1) is 27.6. The largest absolute Gasteiger partial charge is 0.445 e. The lowest BCUT2D eigenvalue weighted by atomic mass is 9.93. The Morgan fingerprint density at radius 2 is 1.26 bits per heavy atom. The van der Waals surface area contributed by atoms with E-state index in [9.17, 15) is 19.2 Å². The van der Waals surface area contributed by atoms with E-state index in [0.29, 0.717) is 12.0 Å². The van der Waals surface area contributed by atoms with Gasteiger partial charge in [-0.15, -0.1) is 0 Å². The fraction of sp³-hybridized carbons (Fsp3) is 0.462. The summed E-state index contributed by atoms with van der Waals surface area (Å²) in [6.45, 7) is 7.46. The molecule has 2 rings (SSSR count). The summed E-state index contributed by atoms with van der Waals surface area (Å²) in [7, 11) is 0. The highest BCUT2D eigenvalue weighted by Gasteiger charge is 2.27. The van der Waals surface area contributed by atoms with Crippen LogP contribution >= 0.6 is 0 Å². The van der Waals surface area contributed by atoms with E-state index >= 15 is 0 Å². The SMILES string of the molecule is CC(C)[C@H](NC(=O)OCc1ccncc1)C(=O)CCCC(=O)[C@@H](NC(=O)c1ccncc1)C(C)C. The highest BCUT2D eigenvalue weighted by atomic mass is 16.5. The van der Waals surface area contributed by atoms with Crippen LogP contribution in [-0.2, 0) is 20.9 Å². The first-order valence-electron chi connectivity index (χ1n) is 11.8. The average molecular weight is 483 g/mol. The topological polar surface area (TPSA) is 127 Å². The second-order valence-electron chi connectivity index (χ2n) is 9.01. The lowest BCUT2D eigenvalue weighted by Crippen LogP contribution is -2.45. The summed E-state index contributed by atoms with van der Waals surface area (Å²) in [5, 5.41) is 5.42. The van der Waals surface area contributed by atoms with E-state index in [0.717, 1.165) is 5.56 Å². The van der Waals surface area contributed by atoms with Crippen LogP contribution in [0.3, 0.4) is 0 Å². The Bertz CT molecular complexity index is 980. The van der Waals surface area contributed by atoms with E-state index in [1.54, 1.807) is 36.7 Å². The van der Waals surface area contributed by atoms with E-state index in [2.05, 4.69) is 20.6 Å². The van der Waals surface area contributed by atoms with Crippen LogP contribution in [0.15, 0.2) is 49.1 Å². The lowest BCUT2D eigenvalue weighted by molar-refractivity contribution is -0.123. The maximum absolute atomic E-state index is 12.8. The molecule has 35 heavy (non-hydrogen) atoms. The number of carbonyl (C=O) groups is 4. The highest BCUT2D eigenvalue weighted by Crippen LogP contribution is 2.13. The van der Waals surface area contributed by atoms with E-state index < -0.39 is 18.2 Å². The number of carbonyl (C=O) groups excluding carboxylic acids is 4. The third kappa shape index (κ3) is 9.27. The highest BCUT2D eigenvalue weighted by molar-refractivity contribution is 5.98. The number of hydrogen-bond acceptors (Lipinski definition) is 7. The molecule has 2 aromatic rings. The van der Waals surface area contributed by atoms with Crippen LogP contribution in [-0.4, -0.2) is 45.6 Å². The third-order valence-electron chi connectivity index (χ3n) is 5.50. The molecule has 188 valence electrons. The van der Waals surface area contributed by atoms with E-state index in [-0.39, 0.29) is 48.8 Å². The van der Waals surface area contributed by atoms with Crippen molar-refractivity contribution in [2.45, 2.75) is 65.6 Å². The molecule has 2 atom stereocenters. The van der Waals surface area contributed by atoms with Gasteiger partial charge in [0.15, 0.2) is 11.6 Å². The Morgan fingerprint density at radius 1 is 0.771 bits per heavy atom. The molecular formula is C26H34N4O5. The van der Waals surface area contributed by atoms with Gasteiger partial charge in [-0.2, -0.15) is 0 Å². The summed E-state index contributed by atoms with van der Waals surface area (Å²) in [6, 6.07) is 5.25. The van der Waals surface area contributed by atoms with Crippen molar-refractivity contribution in [1.82, 2.24) is 20.6 Å². The molecule has 0 aliphatic carbocycles. The van der Waals surface area contributed by atoms with Gasteiger partial charge in [0, 0.05) is 43.2 Å². The molecule has 0 spiro atoms. The predicted molar refractivity (Wildman–Crippen MR) is 130 cm³/mol. The molecule has 0 fully saturated rings. The summed E-state index contributed by atoms with van der Waals surface area (Å²) < 4.78 is 5.20. The van der Waals surface area contributed by atoms with Crippen molar-refractivity contribution in [3.8, 4) is 0 Å². The van der Waals surface area contributed by atoms with Gasteiger partial charge in [0.05, 0.1) is 12.1 Å². The minimum atomic E-state index is -0.720. The molecule has 0 aromatic carbocycles. The number of hydrogen-bond donors (Lipinski definition) is 2. The monoisotopic (exact) mass is 482 g/mol. The fourth-order valence-corrected chi connectivity index (χ4v) is 3.51. The van der Waals surface area contributed by atoms with Crippen molar-refractivity contribution >= 4 is 23.6 Å². The molecule has 0 aliphatic heterocycles. The summed E-state index contributed by atoms with van der Waals surface area (Å²) >= 11 is 0. The quantitative estimate of drug-likeness (QED) is 0.447. The van der Waals surface area contributed by atoms with Crippen LogP contribution in [0, 0.1) is 11.8 Å². The van der Waals surface area contributed by atoms with Crippen molar-refractivity contribution in [2.24, 2.45) is 11.8 Å². The maximum Gasteiger partial charge on any atom is 0.408 e. The number of Topliss-reactive ketones (excluding diaryl/α,β-unsaturated/α-hetero) is 2. The molecule has 9 heteroatoms.